The number of carbonyl (C=O) groups excluding carboxylic acids is 1. The Labute approximate surface area is 216 Å². The van der Waals surface area contributed by atoms with Crippen molar-refractivity contribution in [3.63, 3.8) is 0 Å². The Morgan fingerprint density at radius 2 is 1.78 bits per heavy atom. The zero-order chi connectivity index (χ0) is 25.4. The van der Waals surface area contributed by atoms with Crippen LogP contribution in [0.3, 0.4) is 0 Å². The van der Waals surface area contributed by atoms with Crippen LogP contribution in [0.15, 0.2) is 30.3 Å². The second-order valence-electron chi connectivity index (χ2n) is 10.8. The minimum Gasteiger partial charge on any atom is -0.464 e. The largest absolute Gasteiger partial charge is 0.464 e. The van der Waals surface area contributed by atoms with E-state index in [-0.39, 0.29) is 5.82 Å². The molecule has 0 bridgehead atoms. The number of hydrogen-bond acceptors (Lipinski definition) is 6. The molecule has 2 aliphatic heterocycles. The Morgan fingerprint density at radius 1 is 1.05 bits per heavy atom. The highest BCUT2D eigenvalue weighted by atomic mass is 19.1. The van der Waals surface area contributed by atoms with E-state index < -0.39 is 5.97 Å². The van der Waals surface area contributed by atoms with Gasteiger partial charge in [0.25, 0.3) is 0 Å². The summed E-state index contributed by atoms with van der Waals surface area (Å²) in [6, 6.07) is 8.25. The van der Waals surface area contributed by atoms with Crippen LogP contribution in [0, 0.1) is 11.7 Å². The van der Waals surface area contributed by atoms with Gasteiger partial charge in [-0.15, -0.1) is 0 Å². The molecule has 1 aromatic carbocycles. The van der Waals surface area contributed by atoms with Crippen LogP contribution in [0.25, 0.3) is 16.7 Å². The highest BCUT2D eigenvalue weighted by molar-refractivity contribution is 5.93. The Morgan fingerprint density at radius 3 is 2.43 bits per heavy atom. The average Bonchev–Trinajstić information content (AvgIpc) is 3.27. The maximum atomic E-state index is 13.7. The van der Waals surface area contributed by atoms with E-state index in [1.165, 1.54) is 25.7 Å². The van der Waals surface area contributed by atoms with Gasteiger partial charge in [0.1, 0.15) is 5.82 Å². The van der Waals surface area contributed by atoms with Crippen molar-refractivity contribution in [1.29, 1.82) is 0 Å². The first-order chi connectivity index (χ1) is 18.1. The Bertz CT molecular complexity index is 1260. The molecule has 0 spiro atoms. The number of aromatic nitrogens is 3. The Hall–Kier alpha value is -2.84. The normalized spacial score (nSPS) is 20.3. The summed E-state index contributed by atoms with van der Waals surface area (Å²) in [6.07, 6.45) is 7.79. The molecule has 0 atom stereocenters. The van der Waals surface area contributed by atoms with Gasteiger partial charge in [-0.2, -0.15) is 5.10 Å². The minimum absolute atomic E-state index is 0.296. The summed E-state index contributed by atoms with van der Waals surface area (Å²) < 4.78 is 26.1. The van der Waals surface area contributed by atoms with Gasteiger partial charge in [0.05, 0.1) is 18.5 Å². The molecule has 3 aliphatic rings. The zero-order valence-electron chi connectivity index (χ0n) is 21.5. The monoisotopic (exact) mass is 506 g/mol. The van der Waals surface area contributed by atoms with E-state index in [9.17, 15) is 9.18 Å². The van der Waals surface area contributed by atoms with Crippen LogP contribution in [-0.2, 0) is 9.47 Å². The van der Waals surface area contributed by atoms with Gasteiger partial charge in [-0.1, -0.05) is 6.42 Å². The Kier molecular flexibility index (Phi) is 6.95. The molecule has 1 aliphatic carbocycles. The quantitative estimate of drug-likeness (QED) is 0.427. The van der Waals surface area contributed by atoms with Crippen LogP contribution in [0.5, 0.6) is 0 Å². The van der Waals surface area contributed by atoms with Gasteiger partial charge in [-0.25, -0.2) is 18.9 Å². The molecule has 0 unspecified atom stereocenters. The number of halogens is 1. The maximum absolute atomic E-state index is 13.7. The van der Waals surface area contributed by atoms with Gasteiger partial charge in [-0.05, 0) is 99.3 Å². The van der Waals surface area contributed by atoms with Gasteiger partial charge in [0.15, 0.2) is 11.3 Å². The lowest BCUT2D eigenvalue weighted by molar-refractivity contribution is 0.0488. The lowest BCUT2D eigenvalue weighted by Crippen LogP contribution is -2.38. The lowest BCUT2D eigenvalue weighted by Gasteiger charge is -2.36. The molecule has 7 nitrogen and oxygen atoms in total. The molecule has 1 saturated carbocycles. The molecule has 0 N–H and O–H groups in total. The standard InChI is InChI=1S/C29H35FN4O3/c1-36-29(35)25-17-24(20-9-13-33(14-10-20)18-19-11-15-37-16-12-19)26-27(21-3-2-4-21)32-34(28(26)31-25)23-7-5-22(30)6-8-23/h5-8,17,19-21H,2-4,9-16,18H2,1H3. The summed E-state index contributed by atoms with van der Waals surface area (Å²) in [5.74, 6) is 0.697. The van der Waals surface area contributed by atoms with Crippen molar-refractivity contribution >= 4 is 17.0 Å². The van der Waals surface area contributed by atoms with Crippen molar-refractivity contribution in [2.24, 2.45) is 5.92 Å². The number of methoxy groups -OCH3 is 1. The molecule has 196 valence electrons. The van der Waals surface area contributed by atoms with E-state index >= 15 is 0 Å². The highest BCUT2D eigenvalue weighted by Crippen LogP contribution is 2.43. The summed E-state index contributed by atoms with van der Waals surface area (Å²) >= 11 is 0. The molecule has 2 aromatic heterocycles. The number of nitrogens with zero attached hydrogens (tertiary/aromatic N) is 4. The first kappa shape index (κ1) is 24.5. The third-order valence-electron chi connectivity index (χ3n) is 8.54. The molecule has 37 heavy (non-hydrogen) atoms. The predicted molar refractivity (Wildman–Crippen MR) is 139 cm³/mol. The summed E-state index contributed by atoms with van der Waals surface area (Å²) in [7, 11) is 1.39. The first-order valence-electron chi connectivity index (χ1n) is 13.7. The summed E-state index contributed by atoms with van der Waals surface area (Å²) in [4.78, 5) is 20.0. The minimum atomic E-state index is -0.447. The molecule has 3 fully saturated rings. The third-order valence-corrected chi connectivity index (χ3v) is 8.54. The molecular formula is C29H35FN4O3. The second-order valence-corrected chi connectivity index (χ2v) is 10.8. The van der Waals surface area contributed by atoms with Crippen molar-refractivity contribution in [1.82, 2.24) is 19.7 Å². The van der Waals surface area contributed by atoms with E-state index in [0.717, 1.165) is 99.6 Å². The van der Waals surface area contributed by atoms with Crippen molar-refractivity contribution in [3.05, 3.63) is 53.1 Å². The SMILES string of the molecule is COC(=O)c1cc(C2CCN(CC3CCOCC3)CC2)c2c(C3CCC3)nn(-c3ccc(F)cc3)c2n1. The maximum Gasteiger partial charge on any atom is 0.356 e. The van der Waals surface area contributed by atoms with Crippen LogP contribution < -0.4 is 0 Å². The van der Waals surface area contributed by atoms with Gasteiger partial charge in [-0.3, -0.25) is 0 Å². The number of hydrogen-bond donors (Lipinski definition) is 0. The molecule has 4 heterocycles. The van der Waals surface area contributed by atoms with Crippen LogP contribution in [0.4, 0.5) is 4.39 Å². The topological polar surface area (TPSA) is 69.5 Å². The van der Waals surface area contributed by atoms with Gasteiger partial charge in [0.2, 0.25) is 0 Å². The molecule has 8 heteroatoms. The fourth-order valence-electron chi connectivity index (χ4n) is 6.15. The van der Waals surface area contributed by atoms with E-state index in [0.29, 0.717) is 23.2 Å². The fourth-order valence-corrected chi connectivity index (χ4v) is 6.15. The van der Waals surface area contributed by atoms with E-state index in [1.54, 1.807) is 16.8 Å². The number of benzene rings is 1. The van der Waals surface area contributed by atoms with E-state index in [4.69, 9.17) is 19.6 Å². The number of carbonyl (C=O) groups is 1. The van der Waals surface area contributed by atoms with Crippen molar-refractivity contribution in [2.45, 2.75) is 56.8 Å². The number of piperidine rings is 1. The molecule has 2 saturated heterocycles. The Balaban J connectivity index is 1.38. The summed E-state index contributed by atoms with van der Waals surface area (Å²) in [5, 5.41) is 6.12. The highest BCUT2D eigenvalue weighted by Gasteiger charge is 2.32. The summed E-state index contributed by atoms with van der Waals surface area (Å²) in [6.45, 7) is 5.00. The number of fused-ring (bicyclic) bond motifs is 1. The number of ether oxygens (including phenoxy) is 2. The number of esters is 1. The molecule has 0 amide bonds. The summed E-state index contributed by atoms with van der Waals surface area (Å²) in [5.41, 5.74) is 3.93. The first-order valence-corrected chi connectivity index (χ1v) is 13.7. The van der Waals surface area contributed by atoms with Crippen LogP contribution >= 0.6 is 0 Å². The van der Waals surface area contributed by atoms with Crippen molar-refractivity contribution in [3.8, 4) is 5.69 Å². The van der Waals surface area contributed by atoms with Crippen molar-refractivity contribution in [2.75, 3.05) is 40.0 Å². The number of pyridine rings is 1. The van der Waals surface area contributed by atoms with Crippen LogP contribution in [-0.4, -0.2) is 65.6 Å². The van der Waals surface area contributed by atoms with Crippen molar-refractivity contribution < 1.29 is 18.7 Å². The number of rotatable bonds is 6. The molecular weight excluding hydrogens is 471 g/mol. The second kappa shape index (κ2) is 10.5. The molecule has 0 radical (unpaired) electrons. The van der Waals surface area contributed by atoms with Gasteiger partial charge in [0, 0.05) is 31.1 Å². The van der Waals surface area contributed by atoms with Crippen LogP contribution in [0.1, 0.15) is 78.5 Å². The third kappa shape index (κ3) is 4.89. The van der Waals surface area contributed by atoms with Gasteiger partial charge < -0.3 is 14.4 Å². The average molecular weight is 507 g/mol. The lowest BCUT2D eigenvalue weighted by atomic mass is 9.79. The van der Waals surface area contributed by atoms with E-state index in [2.05, 4.69) is 4.90 Å². The molecule has 6 rings (SSSR count). The van der Waals surface area contributed by atoms with E-state index in [1.807, 2.05) is 6.07 Å². The number of likely N-dealkylation sites (tertiary alicyclic amines) is 1. The molecule has 3 aromatic rings. The fraction of sp³-hybridized carbons (Fsp3) is 0.552. The smallest absolute Gasteiger partial charge is 0.356 e. The predicted octanol–water partition coefficient (Wildman–Crippen LogP) is 5.22. The zero-order valence-corrected chi connectivity index (χ0v) is 21.5. The van der Waals surface area contributed by atoms with Gasteiger partial charge >= 0.3 is 5.97 Å². The van der Waals surface area contributed by atoms with Crippen LogP contribution in [0.2, 0.25) is 0 Å².